The van der Waals surface area contributed by atoms with E-state index in [-0.39, 0.29) is 18.4 Å². The van der Waals surface area contributed by atoms with E-state index >= 15 is 0 Å². The zero-order valence-corrected chi connectivity index (χ0v) is 12.9. The van der Waals surface area contributed by atoms with Gasteiger partial charge in [-0.15, -0.1) is 0 Å². The molecule has 2 aliphatic rings. The average Bonchev–Trinajstić information content (AvgIpc) is 2.51. The van der Waals surface area contributed by atoms with Crippen LogP contribution in [0.15, 0.2) is 24.3 Å². The predicted molar refractivity (Wildman–Crippen MR) is 84.5 cm³/mol. The van der Waals surface area contributed by atoms with Crippen LogP contribution in [0.2, 0.25) is 0 Å². The van der Waals surface area contributed by atoms with Crippen molar-refractivity contribution in [2.45, 2.75) is 19.3 Å². The fraction of sp³-hybridized carbons (Fsp3) is 0.529. The van der Waals surface area contributed by atoms with Gasteiger partial charge in [-0.05, 0) is 36.9 Å². The molecule has 22 heavy (non-hydrogen) atoms. The number of carbonyl (C=O) groups is 2. The third-order valence-electron chi connectivity index (χ3n) is 4.49. The molecule has 0 saturated carbocycles. The molecular formula is C17H23N3O2. The van der Waals surface area contributed by atoms with Crippen molar-refractivity contribution in [1.29, 1.82) is 0 Å². The molecule has 3 rings (SSSR count). The van der Waals surface area contributed by atoms with E-state index in [2.05, 4.69) is 34.5 Å². The molecule has 0 spiro atoms. The number of hydrogen-bond acceptors (Lipinski definition) is 3. The smallest absolute Gasteiger partial charge is 0.239 e. The molecule has 0 unspecified atom stereocenters. The molecule has 1 N–H and O–H groups in total. The number of nitrogens with one attached hydrogen (secondary N) is 1. The van der Waals surface area contributed by atoms with Crippen molar-refractivity contribution in [3.8, 4) is 0 Å². The molecule has 2 amide bonds. The Morgan fingerprint density at radius 1 is 1.09 bits per heavy atom. The van der Waals surface area contributed by atoms with Gasteiger partial charge in [-0.2, -0.15) is 0 Å². The standard InChI is InChI=1S/C17H23N3O2/c21-16-12-20(11-8-18-16)17(22)13-19-9-3-6-14-4-1-2-5-15(14)7-10-19/h1-2,4-5H,3,6-13H2,(H,18,21). The first-order chi connectivity index (χ1) is 10.7. The van der Waals surface area contributed by atoms with Crippen LogP contribution in [0.1, 0.15) is 17.5 Å². The molecule has 2 heterocycles. The van der Waals surface area contributed by atoms with Gasteiger partial charge in [0, 0.05) is 19.6 Å². The molecule has 2 aliphatic heterocycles. The number of amides is 2. The van der Waals surface area contributed by atoms with Crippen molar-refractivity contribution in [3.05, 3.63) is 35.4 Å². The van der Waals surface area contributed by atoms with Crippen molar-refractivity contribution in [1.82, 2.24) is 15.1 Å². The summed E-state index contributed by atoms with van der Waals surface area (Å²) in [7, 11) is 0. The quantitative estimate of drug-likeness (QED) is 0.862. The first kappa shape index (κ1) is 15.0. The third kappa shape index (κ3) is 3.65. The maximum atomic E-state index is 12.4. The molecule has 0 aromatic heterocycles. The molecule has 0 bridgehead atoms. The molecule has 0 atom stereocenters. The van der Waals surface area contributed by atoms with Crippen molar-refractivity contribution in [2.24, 2.45) is 0 Å². The molecule has 1 aromatic rings. The SMILES string of the molecule is O=C1CN(C(=O)CN2CCCc3ccccc3CC2)CCN1. The topological polar surface area (TPSA) is 52.7 Å². The van der Waals surface area contributed by atoms with Crippen molar-refractivity contribution in [2.75, 3.05) is 39.3 Å². The van der Waals surface area contributed by atoms with Crippen LogP contribution in [0, 0.1) is 0 Å². The van der Waals surface area contributed by atoms with Gasteiger partial charge in [-0.1, -0.05) is 24.3 Å². The highest BCUT2D eigenvalue weighted by molar-refractivity contribution is 5.86. The Balaban J connectivity index is 1.57. The summed E-state index contributed by atoms with van der Waals surface area (Å²) in [6, 6.07) is 8.59. The minimum absolute atomic E-state index is 0.0545. The molecule has 0 radical (unpaired) electrons. The number of rotatable bonds is 2. The van der Waals surface area contributed by atoms with E-state index in [4.69, 9.17) is 0 Å². The van der Waals surface area contributed by atoms with Crippen LogP contribution < -0.4 is 5.32 Å². The largest absolute Gasteiger partial charge is 0.353 e. The monoisotopic (exact) mass is 301 g/mol. The number of hydrogen-bond donors (Lipinski definition) is 1. The molecular weight excluding hydrogens is 278 g/mol. The van der Waals surface area contributed by atoms with Gasteiger partial charge >= 0.3 is 0 Å². The zero-order valence-electron chi connectivity index (χ0n) is 12.9. The van der Waals surface area contributed by atoms with E-state index in [0.29, 0.717) is 19.6 Å². The number of piperazine rings is 1. The van der Waals surface area contributed by atoms with Gasteiger partial charge in [-0.3, -0.25) is 14.5 Å². The van der Waals surface area contributed by atoms with Crippen LogP contribution in [0.3, 0.4) is 0 Å². The van der Waals surface area contributed by atoms with Crippen LogP contribution in [-0.2, 0) is 22.4 Å². The highest BCUT2D eigenvalue weighted by Gasteiger charge is 2.23. The predicted octanol–water partition coefficient (Wildman–Crippen LogP) is 0.436. The highest BCUT2D eigenvalue weighted by atomic mass is 16.2. The van der Waals surface area contributed by atoms with Crippen LogP contribution in [0.4, 0.5) is 0 Å². The van der Waals surface area contributed by atoms with Crippen molar-refractivity contribution in [3.63, 3.8) is 0 Å². The summed E-state index contributed by atoms with van der Waals surface area (Å²) < 4.78 is 0. The second-order valence-electron chi connectivity index (χ2n) is 6.06. The van der Waals surface area contributed by atoms with Gasteiger partial charge in [0.2, 0.25) is 11.8 Å². The van der Waals surface area contributed by atoms with Crippen LogP contribution in [0.5, 0.6) is 0 Å². The first-order valence-corrected chi connectivity index (χ1v) is 8.06. The van der Waals surface area contributed by atoms with Crippen LogP contribution in [-0.4, -0.2) is 60.9 Å². The van der Waals surface area contributed by atoms with E-state index in [1.807, 2.05) is 0 Å². The van der Waals surface area contributed by atoms with Crippen molar-refractivity contribution < 1.29 is 9.59 Å². The van der Waals surface area contributed by atoms with Gasteiger partial charge in [0.15, 0.2) is 0 Å². The number of carbonyl (C=O) groups excluding carboxylic acids is 2. The lowest BCUT2D eigenvalue weighted by molar-refractivity contribution is -0.139. The fourth-order valence-electron chi connectivity index (χ4n) is 3.23. The molecule has 1 saturated heterocycles. The Morgan fingerprint density at radius 3 is 2.64 bits per heavy atom. The lowest BCUT2D eigenvalue weighted by atomic mass is 9.98. The second-order valence-corrected chi connectivity index (χ2v) is 6.06. The maximum Gasteiger partial charge on any atom is 0.239 e. The van der Waals surface area contributed by atoms with Crippen LogP contribution >= 0.6 is 0 Å². The Morgan fingerprint density at radius 2 is 1.86 bits per heavy atom. The average molecular weight is 301 g/mol. The Kier molecular flexibility index (Phi) is 4.73. The van der Waals surface area contributed by atoms with Gasteiger partial charge in [0.1, 0.15) is 0 Å². The highest BCUT2D eigenvalue weighted by Crippen LogP contribution is 2.15. The number of aryl methyl sites for hydroxylation is 1. The minimum atomic E-state index is -0.0545. The summed E-state index contributed by atoms with van der Waals surface area (Å²) in [4.78, 5) is 27.6. The lowest BCUT2D eigenvalue weighted by Gasteiger charge is -2.30. The second kappa shape index (κ2) is 6.92. The summed E-state index contributed by atoms with van der Waals surface area (Å²) >= 11 is 0. The molecule has 1 aromatic carbocycles. The summed E-state index contributed by atoms with van der Waals surface area (Å²) in [5.74, 6) is 0.0184. The first-order valence-electron chi connectivity index (χ1n) is 8.06. The molecule has 5 heteroatoms. The minimum Gasteiger partial charge on any atom is -0.353 e. The maximum absolute atomic E-state index is 12.4. The Hall–Kier alpha value is -1.88. The lowest BCUT2D eigenvalue weighted by Crippen LogP contribution is -2.52. The molecule has 118 valence electrons. The Labute approximate surface area is 131 Å². The summed E-state index contributed by atoms with van der Waals surface area (Å²) in [6.07, 6.45) is 3.14. The third-order valence-corrected chi connectivity index (χ3v) is 4.49. The fourth-order valence-corrected chi connectivity index (χ4v) is 3.23. The summed E-state index contributed by atoms with van der Waals surface area (Å²) in [5.41, 5.74) is 2.85. The van der Waals surface area contributed by atoms with Crippen molar-refractivity contribution >= 4 is 11.8 Å². The number of benzene rings is 1. The van der Waals surface area contributed by atoms with E-state index in [1.54, 1.807) is 4.90 Å². The molecule has 1 fully saturated rings. The number of nitrogens with zero attached hydrogens (tertiary/aromatic N) is 2. The number of fused-ring (bicyclic) bond motifs is 1. The summed E-state index contributed by atoms with van der Waals surface area (Å²) in [5, 5.41) is 2.75. The van der Waals surface area contributed by atoms with Crippen LogP contribution in [0.25, 0.3) is 0 Å². The molecule has 0 aliphatic carbocycles. The van der Waals surface area contributed by atoms with Gasteiger partial charge in [0.25, 0.3) is 0 Å². The van der Waals surface area contributed by atoms with E-state index in [9.17, 15) is 9.59 Å². The van der Waals surface area contributed by atoms with Gasteiger partial charge in [-0.25, -0.2) is 0 Å². The zero-order chi connectivity index (χ0) is 15.4. The van der Waals surface area contributed by atoms with E-state index in [1.165, 1.54) is 11.1 Å². The molecule has 5 nitrogen and oxygen atoms in total. The summed E-state index contributed by atoms with van der Waals surface area (Å²) in [6.45, 7) is 3.67. The normalized spacial score (nSPS) is 19.8. The van der Waals surface area contributed by atoms with Gasteiger partial charge in [0.05, 0.1) is 13.1 Å². The van der Waals surface area contributed by atoms with Gasteiger partial charge < -0.3 is 10.2 Å². The van der Waals surface area contributed by atoms with E-state index in [0.717, 1.165) is 32.4 Å². The Bertz CT molecular complexity index is 559. The van der Waals surface area contributed by atoms with E-state index < -0.39 is 0 Å².